The van der Waals surface area contributed by atoms with Crippen molar-refractivity contribution in [2.45, 2.75) is 24.0 Å². The van der Waals surface area contributed by atoms with E-state index in [1.54, 1.807) is 17.5 Å². The van der Waals surface area contributed by atoms with Gasteiger partial charge in [0.2, 0.25) is 5.91 Å². The summed E-state index contributed by atoms with van der Waals surface area (Å²) in [6.45, 7) is 2.23. The lowest BCUT2D eigenvalue weighted by Gasteiger charge is -2.15. The summed E-state index contributed by atoms with van der Waals surface area (Å²) >= 11 is 1.19. The van der Waals surface area contributed by atoms with Gasteiger partial charge < -0.3 is 5.32 Å². The molecule has 2 aromatic rings. The fourth-order valence-corrected chi connectivity index (χ4v) is 4.48. The number of amides is 1. The zero-order valence-electron chi connectivity index (χ0n) is 13.2. The molecule has 2 rings (SSSR count). The van der Waals surface area contributed by atoms with Gasteiger partial charge in [0.1, 0.15) is 4.21 Å². The smallest absolute Gasteiger partial charge is 0.252 e. The third-order valence-electron chi connectivity index (χ3n) is 3.46. The molecule has 0 unspecified atom stereocenters. The molecular formula is C16H20N2O3S2. The molecule has 23 heavy (non-hydrogen) atoms. The van der Waals surface area contributed by atoms with E-state index in [2.05, 4.69) is 5.32 Å². The van der Waals surface area contributed by atoms with Crippen molar-refractivity contribution in [2.75, 3.05) is 18.9 Å². The summed E-state index contributed by atoms with van der Waals surface area (Å²) in [5.74, 6) is -0.110. The van der Waals surface area contributed by atoms with Crippen LogP contribution in [0.15, 0.2) is 46.0 Å². The Bertz CT molecular complexity index is 755. The number of benzene rings is 1. The van der Waals surface area contributed by atoms with Gasteiger partial charge in [-0.1, -0.05) is 24.3 Å². The second-order valence-electron chi connectivity index (χ2n) is 5.23. The molecule has 0 aliphatic heterocycles. The van der Waals surface area contributed by atoms with Gasteiger partial charge >= 0.3 is 0 Å². The molecule has 0 fully saturated rings. The summed E-state index contributed by atoms with van der Waals surface area (Å²) in [4.78, 5) is 11.9. The van der Waals surface area contributed by atoms with Gasteiger partial charge in [-0.15, -0.1) is 11.3 Å². The minimum absolute atomic E-state index is 0.110. The third-order valence-corrected chi connectivity index (χ3v) is 6.69. The molecule has 7 heteroatoms. The van der Waals surface area contributed by atoms with Crippen LogP contribution in [0.2, 0.25) is 0 Å². The van der Waals surface area contributed by atoms with Gasteiger partial charge in [0.05, 0.1) is 0 Å². The van der Waals surface area contributed by atoms with Crippen molar-refractivity contribution in [2.24, 2.45) is 0 Å². The Balaban J connectivity index is 1.83. The lowest BCUT2D eigenvalue weighted by Crippen LogP contribution is -2.28. The molecule has 0 spiro atoms. The Morgan fingerprint density at radius 3 is 2.61 bits per heavy atom. The van der Waals surface area contributed by atoms with E-state index in [1.807, 2.05) is 31.2 Å². The standard InChI is InChI=1S/C16H20N2O3S2/c1-13-7-3-4-8-14(13)17-15(19)9-5-11-18(2)23(20,21)16-10-6-12-22-16/h3-4,6-8,10,12H,5,9,11H2,1-2H3,(H,17,19). The van der Waals surface area contributed by atoms with Crippen molar-refractivity contribution >= 4 is 33.0 Å². The maximum atomic E-state index is 12.2. The first-order chi connectivity index (χ1) is 10.9. The van der Waals surface area contributed by atoms with Crippen molar-refractivity contribution in [3.05, 3.63) is 47.3 Å². The van der Waals surface area contributed by atoms with Crippen molar-refractivity contribution in [3.8, 4) is 0 Å². The molecule has 124 valence electrons. The number of aryl methyl sites for hydroxylation is 1. The average molecular weight is 352 g/mol. The Kier molecular flexibility index (Phi) is 5.92. The first-order valence-electron chi connectivity index (χ1n) is 7.26. The number of carbonyl (C=O) groups is 1. The molecule has 5 nitrogen and oxygen atoms in total. The first-order valence-corrected chi connectivity index (χ1v) is 9.58. The van der Waals surface area contributed by atoms with Crippen molar-refractivity contribution in [3.63, 3.8) is 0 Å². The van der Waals surface area contributed by atoms with Gasteiger partial charge in [0.25, 0.3) is 10.0 Å². The second kappa shape index (κ2) is 7.72. The van der Waals surface area contributed by atoms with E-state index in [0.29, 0.717) is 17.2 Å². The van der Waals surface area contributed by atoms with Crippen LogP contribution in [0.25, 0.3) is 0 Å². The Morgan fingerprint density at radius 2 is 1.96 bits per heavy atom. The largest absolute Gasteiger partial charge is 0.326 e. The number of carbonyl (C=O) groups excluding carboxylic acids is 1. The normalized spacial score (nSPS) is 11.6. The van der Waals surface area contributed by atoms with E-state index in [1.165, 1.54) is 22.7 Å². The van der Waals surface area contributed by atoms with Crippen LogP contribution < -0.4 is 5.32 Å². The average Bonchev–Trinajstić information content (AvgIpc) is 3.04. The van der Waals surface area contributed by atoms with Crippen LogP contribution in [0.5, 0.6) is 0 Å². The van der Waals surface area contributed by atoms with Crippen molar-refractivity contribution < 1.29 is 13.2 Å². The summed E-state index contributed by atoms with van der Waals surface area (Å²) in [7, 11) is -1.90. The fourth-order valence-electron chi connectivity index (χ4n) is 2.07. The number of para-hydroxylation sites is 1. The lowest BCUT2D eigenvalue weighted by atomic mass is 10.2. The van der Waals surface area contributed by atoms with Crippen LogP contribution in [0.1, 0.15) is 18.4 Å². The molecule has 0 radical (unpaired) electrons. The van der Waals surface area contributed by atoms with Gasteiger partial charge in [-0.25, -0.2) is 12.7 Å². The maximum absolute atomic E-state index is 12.2. The van der Waals surface area contributed by atoms with Crippen LogP contribution in [0.4, 0.5) is 5.69 Å². The number of anilines is 1. The number of thiophene rings is 1. The van der Waals surface area contributed by atoms with E-state index in [9.17, 15) is 13.2 Å². The summed E-state index contributed by atoms with van der Waals surface area (Å²) in [6.07, 6.45) is 0.747. The number of nitrogens with one attached hydrogen (secondary N) is 1. The van der Waals surface area contributed by atoms with Gasteiger partial charge in [0, 0.05) is 25.7 Å². The van der Waals surface area contributed by atoms with Crippen LogP contribution in [-0.4, -0.2) is 32.2 Å². The predicted octanol–water partition coefficient (Wildman–Crippen LogP) is 3.10. The summed E-state index contributed by atoms with van der Waals surface area (Å²) in [5.41, 5.74) is 1.79. The molecule has 1 aromatic carbocycles. The van der Waals surface area contributed by atoms with E-state index >= 15 is 0 Å². The third kappa shape index (κ3) is 4.63. The summed E-state index contributed by atoms with van der Waals surface area (Å²) < 4.78 is 26.1. The molecule has 0 atom stereocenters. The van der Waals surface area contributed by atoms with Crippen LogP contribution in [0.3, 0.4) is 0 Å². The SMILES string of the molecule is Cc1ccccc1NC(=O)CCCN(C)S(=O)(=O)c1cccs1. The minimum Gasteiger partial charge on any atom is -0.326 e. The van der Waals surface area contributed by atoms with E-state index in [4.69, 9.17) is 0 Å². The van der Waals surface area contributed by atoms with E-state index in [0.717, 1.165) is 11.3 Å². The fraction of sp³-hybridized carbons (Fsp3) is 0.312. The van der Waals surface area contributed by atoms with Gasteiger partial charge in [-0.05, 0) is 36.4 Å². The predicted molar refractivity (Wildman–Crippen MR) is 93.2 cm³/mol. The molecule has 1 heterocycles. The molecule has 0 saturated carbocycles. The number of sulfonamides is 1. The van der Waals surface area contributed by atoms with Gasteiger partial charge in [-0.2, -0.15) is 0 Å². The topological polar surface area (TPSA) is 66.5 Å². The zero-order chi connectivity index (χ0) is 16.9. The van der Waals surface area contributed by atoms with E-state index in [-0.39, 0.29) is 12.3 Å². The summed E-state index contributed by atoms with van der Waals surface area (Å²) in [6, 6.07) is 10.8. The number of hydrogen-bond donors (Lipinski definition) is 1. The summed E-state index contributed by atoms with van der Waals surface area (Å²) in [5, 5.41) is 4.58. The highest BCUT2D eigenvalue weighted by Crippen LogP contribution is 2.20. The highest BCUT2D eigenvalue weighted by Gasteiger charge is 2.21. The van der Waals surface area contributed by atoms with Crippen LogP contribution in [-0.2, 0) is 14.8 Å². The van der Waals surface area contributed by atoms with Crippen LogP contribution in [0, 0.1) is 6.92 Å². The second-order valence-corrected chi connectivity index (χ2v) is 8.44. The Hall–Kier alpha value is -1.70. The monoisotopic (exact) mass is 352 g/mol. The molecule has 1 amide bonds. The number of hydrogen-bond acceptors (Lipinski definition) is 4. The molecule has 1 aromatic heterocycles. The Labute approximate surface area is 141 Å². The van der Waals surface area contributed by atoms with Gasteiger partial charge in [-0.3, -0.25) is 4.79 Å². The molecule has 0 saturated heterocycles. The first kappa shape index (κ1) is 17.7. The van der Waals surface area contributed by atoms with Crippen molar-refractivity contribution in [1.82, 2.24) is 4.31 Å². The minimum atomic E-state index is -3.44. The molecular weight excluding hydrogens is 332 g/mol. The molecule has 0 bridgehead atoms. The highest BCUT2D eigenvalue weighted by molar-refractivity contribution is 7.91. The zero-order valence-corrected chi connectivity index (χ0v) is 14.8. The number of nitrogens with zero attached hydrogens (tertiary/aromatic N) is 1. The van der Waals surface area contributed by atoms with E-state index < -0.39 is 10.0 Å². The van der Waals surface area contributed by atoms with Crippen LogP contribution >= 0.6 is 11.3 Å². The highest BCUT2D eigenvalue weighted by atomic mass is 32.2. The number of rotatable bonds is 7. The van der Waals surface area contributed by atoms with Crippen molar-refractivity contribution in [1.29, 1.82) is 0 Å². The van der Waals surface area contributed by atoms with Gasteiger partial charge in [0.15, 0.2) is 0 Å². The quantitative estimate of drug-likeness (QED) is 0.833. The molecule has 0 aliphatic rings. The lowest BCUT2D eigenvalue weighted by molar-refractivity contribution is -0.116. The molecule has 0 aliphatic carbocycles. The molecule has 1 N–H and O–H groups in total. The maximum Gasteiger partial charge on any atom is 0.252 e. The Morgan fingerprint density at radius 1 is 1.22 bits per heavy atom.